The van der Waals surface area contributed by atoms with Crippen LogP contribution in [0.5, 0.6) is 0 Å². The van der Waals surface area contributed by atoms with Gasteiger partial charge in [0.05, 0.1) is 24.1 Å². The summed E-state index contributed by atoms with van der Waals surface area (Å²) in [5.41, 5.74) is 1.33. The van der Waals surface area contributed by atoms with Gasteiger partial charge in [0.2, 0.25) is 0 Å². The Morgan fingerprint density at radius 3 is 3.09 bits per heavy atom. The number of aryl methyl sites for hydroxylation is 1. The molecule has 0 aliphatic carbocycles. The van der Waals surface area contributed by atoms with E-state index in [0.717, 1.165) is 38.0 Å². The summed E-state index contributed by atoms with van der Waals surface area (Å²) in [6.45, 7) is 3.65. The molecule has 0 radical (unpaired) electrons. The molecule has 1 aliphatic heterocycles. The van der Waals surface area contributed by atoms with E-state index in [4.69, 9.17) is 0 Å². The third kappa shape index (κ3) is 3.18. The van der Waals surface area contributed by atoms with Gasteiger partial charge in [0.1, 0.15) is 11.5 Å². The first-order chi connectivity index (χ1) is 11.2. The number of nitrogens with zero attached hydrogens (tertiary/aromatic N) is 5. The number of amides is 1. The molecule has 23 heavy (non-hydrogen) atoms. The third-order valence-electron chi connectivity index (χ3n) is 4.08. The molecule has 0 aromatic carbocycles. The summed E-state index contributed by atoms with van der Waals surface area (Å²) in [6.07, 6.45) is 8.15. The number of hydrogen-bond acceptors (Lipinski definition) is 5. The largest absolute Gasteiger partial charge is 0.372 e. The molecular weight excluding hydrogens is 292 g/mol. The van der Waals surface area contributed by atoms with Crippen molar-refractivity contribution in [1.82, 2.24) is 24.6 Å². The topological polar surface area (TPSA) is 75.9 Å². The average Bonchev–Trinajstić information content (AvgIpc) is 3.24. The molecular formula is C16H22N6O. The van der Waals surface area contributed by atoms with Crippen molar-refractivity contribution in [3.8, 4) is 0 Å². The summed E-state index contributed by atoms with van der Waals surface area (Å²) in [4.78, 5) is 23.4. The zero-order valence-corrected chi connectivity index (χ0v) is 13.6. The molecule has 0 bridgehead atoms. The van der Waals surface area contributed by atoms with E-state index in [9.17, 15) is 4.79 Å². The maximum atomic E-state index is 12.8. The summed E-state index contributed by atoms with van der Waals surface area (Å²) in [5, 5.41) is 7.37. The minimum atomic E-state index is -0.0287. The van der Waals surface area contributed by atoms with Gasteiger partial charge < -0.3 is 10.2 Å². The van der Waals surface area contributed by atoms with Crippen molar-refractivity contribution in [2.45, 2.75) is 38.8 Å². The van der Waals surface area contributed by atoms with E-state index in [1.165, 1.54) is 0 Å². The van der Waals surface area contributed by atoms with Gasteiger partial charge in [-0.05, 0) is 25.3 Å². The molecule has 0 spiro atoms. The van der Waals surface area contributed by atoms with Gasteiger partial charge in [0.25, 0.3) is 5.91 Å². The molecule has 7 heteroatoms. The SMILES string of the molecule is CCCn1ccc(C(=O)N2CCC[C@H]2c2cncc(NC)n2)n1. The van der Waals surface area contributed by atoms with Gasteiger partial charge in [-0.1, -0.05) is 6.92 Å². The fraction of sp³-hybridized carbons (Fsp3) is 0.500. The molecule has 7 nitrogen and oxygen atoms in total. The number of anilines is 1. The molecule has 0 unspecified atom stereocenters. The number of nitrogens with one attached hydrogen (secondary N) is 1. The predicted molar refractivity (Wildman–Crippen MR) is 87.1 cm³/mol. The van der Waals surface area contributed by atoms with Gasteiger partial charge >= 0.3 is 0 Å². The lowest BCUT2D eigenvalue weighted by atomic mass is 10.1. The van der Waals surface area contributed by atoms with Gasteiger partial charge in [-0.3, -0.25) is 14.5 Å². The first-order valence-corrected chi connectivity index (χ1v) is 8.07. The fourth-order valence-corrected chi connectivity index (χ4v) is 2.96. The maximum Gasteiger partial charge on any atom is 0.274 e. The number of hydrogen-bond donors (Lipinski definition) is 1. The average molecular weight is 314 g/mol. The Morgan fingerprint density at radius 2 is 2.30 bits per heavy atom. The molecule has 1 atom stereocenters. The van der Waals surface area contributed by atoms with Gasteiger partial charge in [0.15, 0.2) is 0 Å². The van der Waals surface area contributed by atoms with Crippen LogP contribution in [0.1, 0.15) is 48.4 Å². The zero-order valence-electron chi connectivity index (χ0n) is 13.6. The summed E-state index contributed by atoms with van der Waals surface area (Å²) in [5.74, 6) is 0.688. The molecule has 1 saturated heterocycles. The van der Waals surface area contributed by atoms with Crippen LogP contribution in [0.4, 0.5) is 5.82 Å². The minimum Gasteiger partial charge on any atom is -0.372 e. The second kappa shape index (κ2) is 6.76. The van der Waals surface area contributed by atoms with E-state index in [1.807, 2.05) is 22.8 Å². The van der Waals surface area contributed by atoms with Crippen molar-refractivity contribution in [2.24, 2.45) is 0 Å². The Kier molecular flexibility index (Phi) is 4.55. The van der Waals surface area contributed by atoms with Crippen LogP contribution in [-0.4, -0.2) is 44.1 Å². The van der Waals surface area contributed by atoms with E-state index in [-0.39, 0.29) is 11.9 Å². The summed E-state index contributed by atoms with van der Waals surface area (Å²) >= 11 is 0. The fourth-order valence-electron chi connectivity index (χ4n) is 2.96. The van der Waals surface area contributed by atoms with Crippen molar-refractivity contribution in [3.63, 3.8) is 0 Å². The predicted octanol–water partition coefficient (Wildman–Crippen LogP) is 2.10. The number of carbonyl (C=O) groups is 1. The molecule has 0 saturated carbocycles. The second-order valence-electron chi connectivity index (χ2n) is 5.70. The quantitative estimate of drug-likeness (QED) is 0.914. The molecule has 1 N–H and O–H groups in total. The first kappa shape index (κ1) is 15.5. The van der Waals surface area contributed by atoms with Gasteiger partial charge in [-0.2, -0.15) is 5.10 Å². The van der Waals surface area contributed by atoms with Crippen LogP contribution in [0.15, 0.2) is 24.7 Å². The van der Waals surface area contributed by atoms with Crippen molar-refractivity contribution in [1.29, 1.82) is 0 Å². The lowest BCUT2D eigenvalue weighted by Gasteiger charge is -2.23. The summed E-state index contributed by atoms with van der Waals surface area (Å²) < 4.78 is 1.82. The highest BCUT2D eigenvalue weighted by Gasteiger charge is 2.32. The van der Waals surface area contributed by atoms with E-state index < -0.39 is 0 Å². The van der Waals surface area contributed by atoms with Crippen molar-refractivity contribution < 1.29 is 4.79 Å². The Hall–Kier alpha value is -2.44. The highest BCUT2D eigenvalue weighted by atomic mass is 16.2. The normalized spacial score (nSPS) is 17.5. The first-order valence-electron chi connectivity index (χ1n) is 8.07. The van der Waals surface area contributed by atoms with Gasteiger partial charge in [-0.25, -0.2) is 4.98 Å². The van der Waals surface area contributed by atoms with Crippen molar-refractivity contribution in [3.05, 3.63) is 36.0 Å². The van der Waals surface area contributed by atoms with E-state index in [0.29, 0.717) is 11.5 Å². The number of aromatic nitrogens is 4. The van der Waals surface area contributed by atoms with Crippen LogP contribution in [-0.2, 0) is 6.54 Å². The van der Waals surface area contributed by atoms with Crippen LogP contribution in [0, 0.1) is 0 Å². The monoisotopic (exact) mass is 314 g/mol. The van der Waals surface area contributed by atoms with E-state index in [1.54, 1.807) is 18.5 Å². The number of rotatable bonds is 5. The molecule has 1 aliphatic rings. The molecule has 2 aromatic rings. The van der Waals surface area contributed by atoms with Crippen molar-refractivity contribution >= 4 is 11.7 Å². The standard InChI is InChI=1S/C16H22N6O/c1-3-7-21-9-6-12(20-21)16(23)22-8-4-5-14(22)13-10-18-11-15(17-2)19-13/h6,9-11,14H,3-5,7-8H2,1-2H3,(H,17,19)/t14-/m0/s1. The highest BCUT2D eigenvalue weighted by Crippen LogP contribution is 2.32. The van der Waals surface area contributed by atoms with Gasteiger partial charge in [-0.15, -0.1) is 0 Å². The van der Waals surface area contributed by atoms with Gasteiger partial charge in [0, 0.05) is 26.3 Å². The summed E-state index contributed by atoms with van der Waals surface area (Å²) in [6, 6.07) is 1.77. The summed E-state index contributed by atoms with van der Waals surface area (Å²) in [7, 11) is 1.81. The Balaban J connectivity index is 1.81. The minimum absolute atomic E-state index is 0.0281. The lowest BCUT2D eigenvalue weighted by Crippen LogP contribution is -2.31. The molecule has 2 aromatic heterocycles. The van der Waals surface area contributed by atoms with Crippen molar-refractivity contribution in [2.75, 3.05) is 18.9 Å². The molecule has 3 heterocycles. The second-order valence-corrected chi connectivity index (χ2v) is 5.70. The molecule has 1 amide bonds. The third-order valence-corrected chi connectivity index (χ3v) is 4.08. The van der Waals surface area contributed by atoms with Crippen LogP contribution in [0.2, 0.25) is 0 Å². The molecule has 122 valence electrons. The Bertz CT molecular complexity index is 683. The Morgan fingerprint density at radius 1 is 1.43 bits per heavy atom. The molecule has 3 rings (SSSR count). The number of likely N-dealkylation sites (tertiary alicyclic amines) is 1. The number of carbonyl (C=O) groups excluding carboxylic acids is 1. The van der Waals surface area contributed by atoms with Crippen LogP contribution in [0.3, 0.4) is 0 Å². The Labute approximate surface area is 135 Å². The zero-order chi connectivity index (χ0) is 16.2. The van der Waals surface area contributed by atoms with E-state index in [2.05, 4.69) is 27.3 Å². The van der Waals surface area contributed by atoms with E-state index >= 15 is 0 Å². The lowest BCUT2D eigenvalue weighted by molar-refractivity contribution is 0.0725. The molecule has 1 fully saturated rings. The van der Waals surface area contributed by atoms with Crippen LogP contribution in [0.25, 0.3) is 0 Å². The van der Waals surface area contributed by atoms with Crippen LogP contribution >= 0.6 is 0 Å². The maximum absolute atomic E-state index is 12.8. The van der Waals surface area contributed by atoms with Crippen LogP contribution < -0.4 is 5.32 Å². The smallest absolute Gasteiger partial charge is 0.274 e. The highest BCUT2D eigenvalue weighted by molar-refractivity contribution is 5.92.